The van der Waals surface area contributed by atoms with Gasteiger partial charge in [-0.15, -0.1) is 0 Å². The molecule has 5 nitrogen and oxygen atoms in total. The highest BCUT2D eigenvalue weighted by Crippen LogP contribution is 2.26. The van der Waals surface area contributed by atoms with Crippen molar-refractivity contribution < 1.29 is 26.7 Å². The topological polar surface area (TPSA) is 63.7 Å². The van der Waals surface area contributed by atoms with E-state index in [1.165, 1.54) is 4.31 Å². The average Bonchev–Trinajstić information content (AvgIpc) is 2.69. The van der Waals surface area contributed by atoms with Crippen LogP contribution in [0.1, 0.15) is 32.1 Å². The van der Waals surface area contributed by atoms with Gasteiger partial charge in [0.05, 0.1) is 17.4 Å². The summed E-state index contributed by atoms with van der Waals surface area (Å²) >= 11 is 0. The Morgan fingerprint density at radius 3 is 2.48 bits per heavy atom. The van der Waals surface area contributed by atoms with Crippen molar-refractivity contribution in [2.75, 3.05) is 19.7 Å². The lowest BCUT2D eigenvalue weighted by atomic mass is 9.95. The first-order valence-corrected chi connectivity index (χ1v) is 10.6. The molecule has 0 aromatic heterocycles. The predicted molar refractivity (Wildman–Crippen MR) is 95.3 cm³/mol. The summed E-state index contributed by atoms with van der Waals surface area (Å²) in [5.41, 5.74) is 0. The van der Waals surface area contributed by atoms with E-state index in [1.807, 2.05) is 0 Å². The lowest BCUT2D eigenvalue weighted by molar-refractivity contribution is -0.151. The van der Waals surface area contributed by atoms with Crippen LogP contribution in [-0.4, -0.2) is 38.4 Å². The van der Waals surface area contributed by atoms with Crippen molar-refractivity contribution >= 4 is 16.0 Å². The number of sulfonamides is 1. The van der Waals surface area contributed by atoms with Crippen LogP contribution >= 0.6 is 0 Å². The highest BCUT2D eigenvalue weighted by Gasteiger charge is 2.33. The number of piperidine rings is 1. The molecule has 1 fully saturated rings. The molecule has 2 aliphatic rings. The van der Waals surface area contributed by atoms with Gasteiger partial charge < -0.3 is 4.74 Å². The Morgan fingerprint density at radius 1 is 1.11 bits per heavy atom. The van der Waals surface area contributed by atoms with Crippen molar-refractivity contribution in [3.63, 3.8) is 0 Å². The summed E-state index contributed by atoms with van der Waals surface area (Å²) in [5.74, 6) is -2.56. The Balaban J connectivity index is 1.53. The van der Waals surface area contributed by atoms with Gasteiger partial charge in [-0.05, 0) is 56.2 Å². The quantitative estimate of drug-likeness (QED) is 0.563. The summed E-state index contributed by atoms with van der Waals surface area (Å²) in [6, 6.07) is 2.53. The molecule has 1 aromatic rings. The van der Waals surface area contributed by atoms with E-state index in [0.717, 1.165) is 31.4 Å². The molecule has 1 aliphatic carbocycles. The molecule has 148 valence electrons. The molecule has 0 N–H and O–H groups in total. The van der Waals surface area contributed by atoms with Gasteiger partial charge in [-0.2, -0.15) is 4.31 Å². The largest absolute Gasteiger partial charge is 0.465 e. The SMILES string of the molecule is O=C(OCC1CC=CCC1)C1CCN(S(=O)(=O)c2ccc(F)c(F)c2)CC1. The maximum atomic E-state index is 13.4. The minimum absolute atomic E-state index is 0.146. The Hall–Kier alpha value is -1.80. The maximum Gasteiger partial charge on any atom is 0.309 e. The van der Waals surface area contributed by atoms with Crippen molar-refractivity contribution in [2.24, 2.45) is 11.8 Å². The Kier molecular flexibility index (Phi) is 6.26. The molecule has 1 saturated heterocycles. The molecular formula is C19H23F2NO4S. The van der Waals surface area contributed by atoms with Crippen molar-refractivity contribution in [3.05, 3.63) is 42.0 Å². The molecule has 1 aromatic carbocycles. The first-order valence-electron chi connectivity index (χ1n) is 9.15. The molecular weight excluding hydrogens is 376 g/mol. The van der Waals surface area contributed by atoms with Crippen LogP contribution in [0.3, 0.4) is 0 Å². The highest BCUT2D eigenvalue weighted by atomic mass is 32.2. The fourth-order valence-electron chi connectivity index (χ4n) is 3.44. The van der Waals surface area contributed by atoms with E-state index >= 15 is 0 Å². The molecule has 0 bridgehead atoms. The van der Waals surface area contributed by atoms with E-state index < -0.39 is 21.7 Å². The van der Waals surface area contributed by atoms with Crippen molar-refractivity contribution in [2.45, 2.75) is 37.0 Å². The zero-order chi connectivity index (χ0) is 19.4. The van der Waals surface area contributed by atoms with E-state index in [2.05, 4.69) is 12.2 Å². The van der Waals surface area contributed by atoms with Gasteiger partial charge in [-0.1, -0.05) is 12.2 Å². The molecule has 8 heteroatoms. The second-order valence-electron chi connectivity index (χ2n) is 7.03. The molecule has 3 rings (SSSR count). The summed E-state index contributed by atoms with van der Waals surface area (Å²) in [7, 11) is -3.91. The number of hydrogen-bond acceptors (Lipinski definition) is 4. The molecule has 0 radical (unpaired) electrons. The second kappa shape index (κ2) is 8.48. The van der Waals surface area contributed by atoms with Gasteiger partial charge in [0, 0.05) is 13.1 Å². The number of hydrogen-bond donors (Lipinski definition) is 0. The third-order valence-electron chi connectivity index (χ3n) is 5.16. The van der Waals surface area contributed by atoms with Crippen LogP contribution in [-0.2, 0) is 19.6 Å². The van der Waals surface area contributed by atoms with Crippen LogP contribution in [0, 0.1) is 23.5 Å². The van der Waals surface area contributed by atoms with E-state index in [4.69, 9.17) is 4.74 Å². The van der Waals surface area contributed by atoms with Crippen LogP contribution < -0.4 is 0 Å². The van der Waals surface area contributed by atoms with Crippen LogP contribution in [0.4, 0.5) is 8.78 Å². The van der Waals surface area contributed by atoms with Gasteiger partial charge in [-0.3, -0.25) is 4.79 Å². The summed E-state index contributed by atoms with van der Waals surface area (Å²) in [5, 5.41) is 0. The highest BCUT2D eigenvalue weighted by molar-refractivity contribution is 7.89. The third kappa shape index (κ3) is 4.73. The molecule has 1 heterocycles. The first kappa shape index (κ1) is 19.9. The fraction of sp³-hybridized carbons (Fsp3) is 0.526. The monoisotopic (exact) mass is 399 g/mol. The predicted octanol–water partition coefficient (Wildman–Crippen LogP) is 3.27. The molecule has 1 unspecified atom stereocenters. The number of benzene rings is 1. The fourth-order valence-corrected chi connectivity index (χ4v) is 4.93. The minimum Gasteiger partial charge on any atom is -0.465 e. The van der Waals surface area contributed by atoms with Gasteiger partial charge in [0.25, 0.3) is 0 Å². The van der Waals surface area contributed by atoms with Crippen molar-refractivity contribution in [3.8, 4) is 0 Å². The van der Waals surface area contributed by atoms with Crippen molar-refractivity contribution in [1.29, 1.82) is 0 Å². The van der Waals surface area contributed by atoms with Crippen LogP contribution in [0.15, 0.2) is 35.2 Å². The zero-order valence-electron chi connectivity index (χ0n) is 14.9. The summed E-state index contributed by atoms with van der Waals surface area (Å²) < 4.78 is 58.2. The number of rotatable bonds is 5. The van der Waals surface area contributed by atoms with Crippen LogP contribution in [0.5, 0.6) is 0 Å². The maximum absolute atomic E-state index is 13.4. The molecule has 0 amide bonds. The number of ether oxygens (including phenoxy) is 1. The van der Waals surface area contributed by atoms with Gasteiger partial charge >= 0.3 is 5.97 Å². The number of esters is 1. The Bertz CT molecular complexity index is 817. The lowest BCUT2D eigenvalue weighted by Gasteiger charge is -2.30. The zero-order valence-corrected chi connectivity index (χ0v) is 15.8. The van der Waals surface area contributed by atoms with E-state index in [0.29, 0.717) is 31.4 Å². The van der Waals surface area contributed by atoms with Crippen LogP contribution in [0.2, 0.25) is 0 Å². The number of carbonyl (C=O) groups excluding carboxylic acids is 1. The number of halogens is 2. The number of allylic oxidation sites excluding steroid dienone is 2. The number of carbonyl (C=O) groups is 1. The van der Waals surface area contributed by atoms with Gasteiger partial charge in [-0.25, -0.2) is 17.2 Å². The lowest BCUT2D eigenvalue weighted by Crippen LogP contribution is -2.40. The van der Waals surface area contributed by atoms with Gasteiger partial charge in [0.15, 0.2) is 11.6 Å². The summed E-state index contributed by atoms with van der Waals surface area (Å²) in [6.45, 7) is 0.692. The van der Waals surface area contributed by atoms with Crippen LogP contribution in [0.25, 0.3) is 0 Å². The molecule has 1 aliphatic heterocycles. The first-order chi connectivity index (χ1) is 12.9. The van der Waals surface area contributed by atoms with Crippen molar-refractivity contribution in [1.82, 2.24) is 4.31 Å². The van der Waals surface area contributed by atoms with E-state index in [9.17, 15) is 22.0 Å². The smallest absolute Gasteiger partial charge is 0.309 e. The Labute approximate surface area is 158 Å². The molecule has 0 spiro atoms. The normalized spacial score (nSPS) is 21.9. The average molecular weight is 399 g/mol. The van der Waals surface area contributed by atoms with Gasteiger partial charge in [0.1, 0.15) is 0 Å². The molecule has 27 heavy (non-hydrogen) atoms. The Morgan fingerprint density at radius 2 is 1.85 bits per heavy atom. The summed E-state index contributed by atoms with van der Waals surface area (Å²) in [4.78, 5) is 12.0. The minimum atomic E-state index is -3.91. The summed E-state index contributed by atoms with van der Waals surface area (Å²) in [6.07, 6.45) is 7.86. The standard InChI is InChI=1S/C19H23F2NO4S/c20-17-7-6-16(12-18(17)21)27(24,25)22-10-8-15(9-11-22)19(23)26-13-14-4-2-1-3-5-14/h1-2,6-7,12,14-15H,3-5,8-11,13H2. The second-order valence-corrected chi connectivity index (χ2v) is 8.97. The third-order valence-corrected chi connectivity index (χ3v) is 7.05. The number of nitrogens with zero attached hydrogens (tertiary/aromatic N) is 1. The van der Waals surface area contributed by atoms with E-state index in [1.54, 1.807) is 0 Å². The molecule has 0 saturated carbocycles. The molecule has 1 atom stereocenters. The van der Waals surface area contributed by atoms with E-state index in [-0.39, 0.29) is 29.9 Å². The van der Waals surface area contributed by atoms with Gasteiger partial charge in [0.2, 0.25) is 10.0 Å².